The van der Waals surface area contributed by atoms with E-state index >= 15 is 0 Å². The van der Waals surface area contributed by atoms with Crippen LogP contribution >= 0.6 is 0 Å². The number of benzene rings is 2. The van der Waals surface area contributed by atoms with Gasteiger partial charge in [-0.3, -0.25) is 4.98 Å². The van der Waals surface area contributed by atoms with Crippen LogP contribution in [0.5, 0.6) is 0 Å². The van der Waals surface area contributed by atoms with Crippen molar-refractivity contribution in [3.8, 4) is 6.07 Å². The third-order valence-electron chi connectivity index (χ3n) is 6.91. The Balaban J connectivity index is 1.66. The molecular weight excluding hydrogens is 452 g/mol. The summed E-state index contributed by atoms with van der Waals surface area (Å²) >= 11 is 0. The Hall–Kier alpha value is -3.57. The number of rotatable bonds is 6. The first kappa shape index (κ1) is 23.2. The number of halogens is 2. The van der Waals surface area contributed by atoms with E-state index in [1.54, 1.807) is 6.92 Å². The Kier molecular flexibility index (Phi) is 6.12. The van der Waals surface area contributed by atoms with Crippen LogP contribution in [0.4, 0.5) is 14.5 Å². The lowest BCUT2D eigenvalue weighted by Crippen LogP contribution is -2.18. The molecule has 1 saturated carbocycles. The van der Waals surface area contributed by atoms with E-state index in [-0.39, 0.29) is 23.1 Å². The summed E-state index contributed by atoms with van der Waals surface area (Å²) in [4.78, 5) is 16.7. The van der Waals surface area contributed by atoms with Gasteiger partial charge in [0, 0.05) is 41.5 Å². The molecule has 2 fully saturated rings. The monoisotopic (exact) mass is 477 g/mol. The molecular formula is C27H25F2N3O3. The van der Waals surface area contributed by atoms with E-state index < -0.39 is 23.6 Å². The normalized spacial score (nSPS) is 17.2. The Morgan fingerprint density at radius 3 is 2.54 bits per heavy atom. The summed E-state index contributed by atoms with van der Waals surface area (Å²) < 4.78 is 34.0. The number of fused-ring (bicyclic) bond motifs is 1. The van der Waals surface area contributed by atoms with Crippen molar-refractivity contribution in [1.82, 2.24) is 4.98 Å². The zero-order chi connectivity index (χ0) is 24.7. The fourth-order valence-corrected chi connectivity index (χ4v) is 5.04. The SMILES string of the molecule is CC(Nc1ccc(F)cc1C(=O)O)c1cc(F)cc2c(C#N)c(C3CC3)c(C3CCOCC3)nc12. The highest BCUT2D eigenvalue weighted by molar-refractivity contribution is 5.94. The van der Waals surface area contributed by atoms with Crippen LogP contribution in [0.15, 0.2) is 30.3 Å². The number of hydrogen-bond donors (Lipinski definition) is 2. The maximum atomic E-state index is 14.9. The summed E-state index contributed by atoms with van der Waals surface area (Å²) in [6.07, 6.45) is 3.59. The van der Waals surface area contributed by atoms with Crippen molar-refractivity contribution in [2.45, 2.75) is 50.5 Å². The molecule has 0 spiro atoms. The van der Waals surface area contributed by atoms with E-state index in [4.69, 9.17) is 9.72 Å². The van der Waals surface area contributed by atoms with Crippen LogP contribution in [0, 0.1) is 23.0 Å². The summed E-state index contributed by atoms with van der Waals surface area (Å²) in [5.41, 5.74) is 3.33. The molecule has 2 N–H and O–H groups in total. The molecule has 2 heterocycles. The van der Waals surface area contributed by atoms with Crippen LogP contribution in [0.3, 0.4) is 0 Å². The standard InChI is InChI=1S/C27H25F2N3O3/c1-14(31-23-5-4-17(28)10-21(23)27(33)34)19-11-18(29)12-20-22(13-30)24(15-2-3-15)25(32-26(19)20)16-6-8-35-9-7-16/h4-5,10-12,14-16,31H,2-3,6-9H2,1H3,(H,33,34). The number of carbonyl (C=O) groups is 1. The minimum absolute atomic E-state index is 0.160. The zero-order valence-electron chi connectivity index (χ0n) is 19.3. The average molecular weight is 478 g/mol. The number of carboxylic acids is 1. The van der Waals surface area contributed by atoms with Gasteiger partial charge in [-0.15, -0.1) is 0 Å². The molecule has 0 amide bonds. The van der Waals surface area contributed by atoms with Crippen LogP contribution in [0.2, 0.25) is 0 Å². The summed E-state index contributed by atoms with van der Waals surface area (Å²) in [6.45, 7) is 3.03. The fourth-order valence-electron chi connectivity index (χ4n) is 5.04. The van der Waals surface area contributed by atoms with E-state index in [2.05, 4.69) is 11.4 Å². The van der Waals surface area contributed by atoms with Gasteiger partial charge in [0.25, 0.3) is 0 Å². The van der Waals surface area contributed by atoms with Gasteiger partial charge in [0.1, 0.15) is 17.7 Å². The molecule has 1 aliphatic heterocycles. The topological polar surface area (TPSA) is 95.2 Å². The lowest BCUT2D eigenvalue weighted by Gasteiger charge is -2.26. The number of aromatic nitrogens is 1. The molecule has 2 aromatic carbocycles. The van der Waals surface area contributed by atoms with Gasteiger partial charge in [0.2, 0.25) is 0 Å². The number of carboxylic acid groups (broad SMARTS) is 1. The van der Waals surface area contributed by atoms with Crippen molar-refractivity contribution in [2.24, 2.45) is 0 Å². The van der Waals surface area contributed by atoms with Crippen molar-refractivity contribution in [3.05, 3.63) is 69.9 Å². The quantitative estimate of drug-likeness (QED) is 0.450. The third-order valence-corrected chi connectivity index (χ3v) is 6.91. The number of nitriles is 1. The van der Waals surface area contributed by atoms with Crippen molar-refractivity contribution in [2.75, 3.05) is 18.5 Å². The van der Waals surface area contributed by atoms with Gasteiger partial charge in [-0.25, -0.2) is 13.6 Å². The maximum absolute atomic E-state index is 14.9. The van der Waals surface area contributed by atoms with Gasteiger partial charge in [-0.2, -0.15) is 5.26 Å². The molecule has 1 aliphatic carbocycles. The molecule has 8 heteroatoms. The zero-order valence-corrected chi connectivity index (χ0v) is 19.3. The third kappa shape index (κ3) is 4.44. The van der Waals surface area contributed by atoms with Crippen LogP contribution < -0.4 is 5.32 Å². The molecule has 1 aromatic heterocycles. The molecule has 2 aliphatic rings. The van der Waals surface area contributed by atoms with E-state index in [1.165, 1.54) is 24.3 Å². The Morgan fingerprint density at radius 2 is 1.89 bits per heavy atom. The number of nitrogens with one attached hydrogen (secondary N) is 1. The second kappa shape index (κ2) is 9.23. The highest BCUT2D eigenvalue weighted by atomic mass is 19.1. The van der Waals surface area contributed by atoms with Gasteiger partial charge in [-0.05, 0) is 74.4 Å². The smallest absolute Gasteiger partial charge is 0.337 e. The molecule has 0 radical (unpaired) electrons. The maximum Gasteiger partial charge on any atom is 0.337 e. The second-order valence-electron chi connectivity index (χ2n) is 9.31. The highest BCUT2D eigenvalue weighted by Crippen LogP contribution is 2.48. The molecule has 180 valence electrons. The predicted octanol–water partition coefficient (Wildman–Crippen LogP) is 6.03. The van der Waals surface area contributed by atoms with Crippen LogP contribution in [0.1, 0.15) is 83.2 Å². The summed E-state index contributed by atoms with van der Waals surface area (Å²) in [6, 6.07) is 7.96. The minimum atomic E-state index is -1.27. The second-order valence-corrected chi connectivity index (χ2v) is 9.31. The van der Waals surface area contributed by atoms with Crippen LogP contribution in [0.25, 0.3) is 10.9 Å². The highest BCUT2D eigenvalue weighted by Gasteiger charge is 2.34. The van der Waals surface area contributed by atoms with E-state index in [1.807, 2.05) is 0 Å². The lowest BCUT2D eigenvalue weighted by atomic mass is 9.86. The Labute approximate surface area is 201 Å². The predicted molar refractivity (Wildman–Crippen MR) is 127 cm³/mol. The van der Waals surface area contributed by atoms with Gasteiger partial charge in [-0.1, -0.05) is 0 Å². The first-order chi connectivity index (χ1) is 16.9. The van der Waals surface area contributed by atoms with Crippen LogP contribution in [-0.2, 0) is 4.74 Å². The van der Waals surface area contributed by atoms with Gasteiger partial charge < -0.3 is 15.2 Å². The van der Waals surface area contributed by atoms with Gasteiger partial charge in [0.15, 0.2) is 0 Å². The van der Waals surface area contributed by atoms with Crippen molar-refractivity contribution in [1.29, 1.82) is 5.26 Å². The number of nitrogens with zero attached hydrogens (tertiary/aromatic N) is 2. The summed E-state index contributed by atoms with van der Waals surface area (Å²) in [5.74, 6) is -2.01. The van der Waals surface area contributed by atoms with Gasteiger partial charge in [0.05, 0.1) is 22.7 Å². The van der Waals surface area contributed by atoms with E-state index in [0.29, 0.717) is 35.2 Å². The molecule has 0 bridgehead atoms. The number of pyridine rings is 1. The van der Waals surface area contributed by atoms with Crippen LogP contribution in [-0.4, -0.2) is 29.3 Å². The minimum Gasteiger partial charge on any atom is -0.478 e. The summed E-state index contributed by atoms with van der Waals surface area (Å²) in [5, 5.41) is 23.2. The van der Waals surface area contributed by atoms with Gasteiger partial charge >= 0.3 is 5.97 Å². The van der Waals surface area contributed by atoms with Crippen molar-refractivity contribution >= 4 is 22.6 Å². The molecule has 3 aromatic rings. The Morgan fingerprint density at radius 1 is 1.14 bits per heavy atom. The van der Waals surface area contributed by atoms with E-state index in [9.17, 15) is 23.9 Å². The first-order valence-corrected chi connectivity index (χ1v) is 11.8. The molecule has 1 saturated heterocycles. The molecule has 1 atom stereocenters. The molecule has 1 unspecified atom stereocenters. The van der Waals surface area contributed by atoms with Crippen molar-refractivity contribution < 1.29 is 23.4 Å². The number of anilines is 1. The first-order valence-electron chi connectivity index (χ1n) is 11.8. The van der Waals surface area contributed by atoms with Crippen molar-refractivity contribution in [3.63, 3.8) is 0 Å². The number of aromatic carboxylic acids is 1. The van der Waals surface area contributed by atoms with E-state index in [0.717, 1.165) is 43.0 Å². The molecule has 6 nitrogen and oxygen atoms in total. The molecule has 35 heavy (non-hydrogen) atoms. The Bertz CT molecular complexity index is 1360. The largest absolute Gasteiger partial charge is 0.478 e. The fraction of sp³-hybridized carbons (Fsp3) is 0.370. The average Bonchev–Trinajstić information content (AvgIpc) is 3.69. The number of hydrogen-bond acceptors (Lipinski definition) is 5. The molecule has 5 rings (SSSR count). The number of ether oxygens (including phenoxy) is 1. The summed E-state index contributed by atoms with van der Waals surface area (Å²) in [7, 11) is 0. The lowest BCUT2D eigenvalue weighted by molar-refractivity contribution is 0.0697.